The summed E-state index contributed by atoms with van der Waals surface area (Å²) in [6.45, 7) is 2.91. The first-order chi connectivity index (χ1) is 7.16. The molecule has 0 bridgehead atoms. The molecule has 3 nitrogen and oxygen atoms in total. The van der Waals surface area contributed by atoms with Crippen LogP contribution >= 0.6 is 24.0 Å². The van der Waals surface area contributed by atoms with Gasteiger partial charge in [0.15, 0.2) is 0 Å². The van der Waals surface area contributed by atoms with Crippen molar-refractivity contribution in [3.63, 3.8) is 0 Å². The second kappa shape index (κ2) is 5.21. The third-order valence-electron chi connectivity index (χ3n) is 3.15. The van der Waals surface area contributed by atoms with Gasteiger partial charge >= 0.3 is 0 Å². The molecule has 5 heteroatoms. The second-order valence-electron chi connectivity index (χ2n) is 4.12. The number of rotatable bonds is 4. The molecule has 1 aliphatic rings. The normalized spacial score (nSPS) is 27.1. The van der Waals surface area contributed by atoms with Crippen LogP contribution in [0.1, 0.15) is 13.3 Å². The van der Waals surface area contributed by atoms with Crippen molar-refractivity contribution < 1.29 is 4.74 Å². The molecule has 1 N–H and O–H groups in total. The Morgan fingerprint density at radius 2 is 2.31 bits per heavy atom. The van der Waals surface area contributed by atoms with Crippen molar-refractivity contribution in [2.75, 3.05) is 13.7 Å². The van der Waals surface area contributed by atoms with Crippen LogP contribution in [0.2, 0.25) is 5.15 Å². The van der Waals surface area contributed by atoms with Crippen LogP contribution < -0.4 is 10.1 Å². The van der Waals surface area contributed by atoms with Gasteiger partial charge in [0.25, 0.3) is 0 Å². The summed E-state index contributed by atoms with van der Waals surface area (Å²) < 4.78 is 5.67. The van der Waals surface area contributed by atoms with Crippen molar-refractivity contribution in [1.29, 1.82) is 0 Å². The van der Waals surface area contributed by atoms with E-state index < -0.39 is 0 Å². The fourth-order valence-electron chi connectivity index (χ4n) is 1.77. The molecular weight excluding hydrogens is 247 g/mol. The van der Waals surface area contributed by atoms with Crippen LogP contribution in [0.15, 0.2) is 18.3 Å². The lowest BCUT2D eigenvalue weighted by Gasteiger charge is -2.16. The van der Waals surface area contributed by atoms with Gasteiger partial charge in [-0.25, -0.2) is 4.98 Å². The standard InChI is InChI=1S/C11H15ClN2O.ClH/c1-8-5-11(8,13-2)7-15-9-3-4-10(12)14-6-9;/h3-4,6,8,13H,5,7H2,1-2H3;1H/t8-,11+;/m1./s1. The van der Waals surface area contributed by atoms with Crippen LogP contribution in [0.4, 0.5) is 0 Å². The fourth-order valence-corrected chi connectivity index (χ4v) is 1.88. The molecule has 2 atom stereocenters. The molecule has 1 fully saturated rings. The molecule has 0 radical (unpaired) electrons. The minimum Gasteiger partial charge on any atom is -0.490 e. The van der Waals surface area contributed by atoms with E-state index in [4.69, 9.17) is 16.3 Å². The maximum absolute atomic E-state index is 5.69. The van der Waals surface area contributed by atoms with Crippen LogP contribution in [0.5, 0.6) is 5.75 Å². The van der Waals surface area contributed by atoms with E-state index in [-0.39, 0.29) is 17.9 Å². The highest BCUT2D eigenvalue weighted by atomic mass is 35.5. The molecule has 90 valence electrons. The summed E-state index contributed by atoms with van der Waals surface area (Å²) in [6.07, 6.45) is 2.82. The van der Waals surface area contributed by atoms with E-state index >= 15 is 0 Å². The van der Waals surface area contributed by atoms with E-state index in [1.165, 1.54) is 6.42 Å². The molecular formula is C11H16Cl2N2O. The Hall–Kier alpha value is -0.510. The average Bonchev–Trinajstić information content (AvgIpc) is 2.90. The van der Waals surface area contributed by atoms with Gasteiger partial charge in [-0.1, -0.05) is 18.5 Å². The zero-order valence-electron chi connectivity index (χ0n) is 9.37. The molecule has 0 spiro atoms. The van der Waals surface area contributed by atoms with Crippen LogP contribution in [-0.4, -0.2) is 24.2 Å². The van der Waals surface area contributed by atoms with Crippen LogP contribution in [0.3, 0.4) is 0 Å². The lowest BCUT2D eigenvalue weighted by Crippen LogP contribution is -2.36. The summed E-state index contributed by atoms with van der Waals surface area (Å²) in [5.41, 5.74) is 0.166. The third-order valence-corrected chi connectivity index (χ3v) is 3.37. The molecule has 1 aromatic heterocycles. The van der Waals surface area contributed by atoms with Gasteiger partial charge in [-0.15, -0.1) is 12.4 Å². The van der Waals surface area contributed by atoms with E-state index in [9.17, 15) is 0 Å². The summed E-state index contributed by atoms with van der Waals surface area (Å²) in [7, 11) is 1.98. The number of aromatic nitrogens is 1. The predicted octanol–water partition coefficient (Wildman–Crippen LogP) is 2.53. The van der Waals surface area contributed by atoms with Crippen LogP contribution in [-0.2, 0) is 0 Å². The number of hydrogen-bond acceptors (Lipinski definition) is 3. The molecule has 0 aliphatic heterocycles. The Kier molecular flexibility index (Phi) is 4.42. The lowest BCUT2D eigenvalue weighted by atomic mass is 10.2. The molecule has 0 amide bonds. The number of hydrogen-bond donors (Lipinski definition) is 1. The van der Waals surface area contributed by atoms with Crippen molar-refractivity contribution in [2.45, 2.75) is 18.9 Å². The summed E-state index contributed by atoms with van der Waals surface area (Å²) in [4.78, 5) is 3.97. The molecule has 16 heavy (non-hydrogen) atoms. The number of ether oxygens (including phenoxy) is 1. The van der Waals surface area contributed by atoms with E-state index in [2.05, 4.69) is 17.2 Å². The van der Waals surface area contributed by atoms with Gasteiger partial charge in [-0.2, -0.15) is 0 Å². The number of halogens is 2. The first-order valence-corrected chi connectivity index (χ1v) is 5.47. The van der Waals surface area contributed by atoms with Crippen molar-refractivity contribution in [3.05, 3.63) is 23.5 Å². The maximum atomic E-state index is 5.69. The number of nitrogens with zero attached hydrogens (tertiary/aromatic N) is 1. The third kappa shape index (κ3) is 2.78. The first-order valence-electron chi connectivity index (χ1n) is 5.09. The molecule has 1 aliphatic carbocycles. The van der Waals surface area contributed by atoms with Crippen LogP contribution in [0.25, 0.3) is 0 Å². The van der Waals surface area contributed by atoms with E-state index in [0.717, 1.165) is 5.75 Å². The largest absolute Gasteiger partial charge is 0.490 e. The van der Waals surface area contributed by atoms with Gasteiger partial charge in [0.2, 0.25) is 0 Å². The highest BCUT2D eigenvalue weighted by Crippen LogP contribution is 2.42. The van der Waals surface area contributed by atoms with Gasteiger partial charge in [-0.3, -0.25) is 0 Å². The van der Waals surface area contributed by atoms with Gasteiger partial charge in [0, 0.05) is 0 Å². The monoisotopic (exact) mass is 262 g/mol. The molecule has 2 rings (SSSR count). The number of likely N-dealkylation sites (N-methyl/N-ethyl adjacent to an activating group) is 1. The van der Waals surface area contributed by atoms with Crippen molar-refractivity contribution in [1.82, 2.24) is 10.3 Å². The Bertz CT molecular complexity index is 340. The predicted molar refractivity (Wildman–Crippen MR) is 67.6 cm³/mol. The highest BCUT2D eigenvalue weighted by molar-refractivity contribution is 6.29. The smallest absolute Gasteiger partial charge is 0.137 e. The molecule has 1 saturated carbocycles. The molecule has 0 saturated heterocycles. The molecule has 1 heterocycles. The zero-order chi connectivity index (χ0) is 10.9. The zero-order valence-corrected chi connectivity index (χ0v) is 10.9. The minimum absolute atomic E-state index is 0. The SMILES string of the molecule is CN[C@]1(COc2ccc(Cl)nc2)C[C@H]1C.Cl. The average molecular weight is 263 g/mol. The lowest BCUT2D eigenvalue weighted by molar-refractivity contribution is 0.249. The molecule has 0 unspecified atom stereocenters. The van der Waals surface area contributed by atoms with Crippen molar-refractivity contribution in [2.24, 2.45) is 5.92 Å². The Balaban J connectivity index is 0.00000128. The van der Waals surface area contributed by atoms with E-state index in [1.54, 1.807) is 12.3 Å². The van der Waals surface area contributed by atoms with E-state index in [0.29, 0.717) is 17.7 Å². The molecule has 0 aromatic carbocycles. The van der Waals surface area contributed by atoms with E-state index in [1.807, 2.05) is 13.1 Å². The highest BCUT2D eigenvalue weighted by Gasteiger charge is 2.50. The topological polar surface area (TPSA) is 34.1 Å². The van der Waals surface area contributed by atoms with Crippen molar-refractivity contribution >= 4 is 24.0 Å². The number of nitrogens with one attached hydrogen (secondary N) is 1. The summed E-state index contributed by atoms with van der Waals surface area (Å²) in [5.74, 6) is 1.45. The molecule has 1 aromatic rings. The Labute approximate surface area is 107 Å². The summed E-state index contributed by atoms with van der Waals surface area (Å²) >= 11 is 5.69. The Morgan fingerprint density at radius 1 is 1.62 bits per heavy atom. The maximum Gasteiger partial charge on any atom is 0.137 e. The first kappa shape index (κ1) is 13.6. The van der Waals surface area contributed by atoms with Crippen LogP contribution in [0, 0.1) is 5.92 Å². The van der Waals surface area contributed by atoms with Gasteiger partial charge < -0.3 is 10.1 Å². The number of pyridine rings is 1. The quantitative estimate of drug-likeness (QED) is 0.847. The summed E-state index contributed by atoms with van der Waals surface area (Å²) in [5, 5.41) is 3.80. The summed E-state index contributed by atoms with van der Waals surface area (Å²) in [6, 6.07) is 3.57. The van der Waals surface area contributed by atoms with Gasteiger partial charge in [0.05, 0.1) is 11.7 Å². The van der Waals surface area contributed by atoms with Crippen molar-refractivity contribution in [3.8, 4) is 5.75 Å². The second-order valence-corrected chi connectivity index (χ2v) is 4.50. The minimum atomic E-state index is 0. The fraction of sp³-hybridized carbons (Fsp3) is 0.545. The van der Waals surface area contributed by atoms with Gasteiger partial charge in [-0.05, 0) is 31.5 Å². The van der Waals surface area contributed by atoms with Gasteiger partial charge in [0.1, 0.15) is 17.5 Å². The Morgan fingerprint density at radius 3 is 2.75 bits per heavy atom.